The van der Waals surface area contributed by atoms with Crippen LogP contribution in [0.4, 0.5) is 10.5 Å². The van der Waals surface area contributed by atoms with E-state index < -0.39 is 0 Å². The summed E-state index contributed by atoms with van der Waals surface area (Å²) < 4.78 is 0. The van der Waals surface area contributed by atoms with Crippen molar-refractivity contribution in [3.8, 4) is 0 Å². The van der Waals surface area contributed by atoms with Crippen molar-refractivity contribution in [3.63, 3.8) is 0 Å². The molecule has 24 heavy (non-hydrogen) atoms. The predicted octanol–water partition coefficient (Wildman–Crippen LogP) is 3.52. The molecule has 3 rings (SSSR count). The minimum atomic E-state index is -0.133. The number of benzene rings is 1. The summed E-state index contributed by atoms with van der Waals surface area (Å²) in [7, 11) is 0. The molecule has 1 saturated heterocycles. The number of urea groups is 1. The molecule has 1 aliphatic heterocycles. The highest BCUT2D eigenvalue weighted by Gasteiger charge is 2.24. The maximum absolute atomic E-state index is 12.5. The first kappa shape index (κ1) is 16.8. The number of halogens is 1. The standard InChI is InChI=1S/C18H22ClN3O2/c19-15-6-8-16(9-7-15)20-18(24)22-11-3-10-21(12-13-22)17(23)14-4-1-2-5-14/h4,6-9H,1-3,5,10-13H2,(H,20,24). The van der Waals surface area contributed by atoms with Crippen molar-refractivity contribution in [2.45, 2.75) is 25.7 Å². The van der Waals surface area contributed by atoms with Gasteiger partial charge in [0.05, 0.1) is 0 Å². The van der Waals surface area contributed by atoms with Gasteiger partial charge in [-0.2, -0.15) is 0 Å². The third-order valence-electron chi connectivity index (χ3n) is 4.48. The highest BCUT2D eigenvalue weighted by atomic mass is 35.5. The summed E-state index contributed by atoms with van der Waals surface area (Å²) in [5.74, 6) is 0.146. The normalized spacial score (nSPS) is 18.1. The number of hydrogen-bond donors (Lipinski definition) is 1. The zero-order valence-corrected chi connectivity index (χ0v) is 14.4. The summed E-state index contributed by atoms with van der Waals surface area (Å²) in [6.45, 7) is 2.51. The molecule has 0 spiro atoms. The molecule has 0 aromatic heterocycles. The van der Waals surface area contributed by atoms with Gasteiger partial charge in [0.25, 0.3) is 0 Å². The number of amides is 3. The molecule has 1 fully saturated rings. The number of carbonyl (C=O) groups is 2. The fourth-order valence-corrected chi connectivity index (χ4v) is 3.25. The summed E-state index contributed by atoms with van der Waals surface area (Å²) in [4.78, 5) is 28.5. The molecule has 3 amide bonds. The molecular formula is C18H22ClN3O2. The Hall–Kier alpha value is -2.01. The zero-order valence-electron chi connectivity index (χ0n) is 13.6. The van der Waals surface area contributed by atoms with Gasteiger partial charge in [-0.25, -0.2) is 4.79 Å². The van der Waals surface area contributed by atoms with Gasteiger partial charge >= 0.3 is 6.03 Å². The van der Waals surface area contributed by atoms with Crippen LogP contribution in [0.3, 0.4) is 0 Å². The molecule has 0 radical (unpaired) electrons. The van der Waals surface area contributed by atoms with E-state index in [-0.39, 0.29) is 11.9 Å². The molecule has 6 heteroatoms. The number of allylic oxidation sites excluding steroid dienone is 1. The lowest BCUT2D eigenvalue weighted by atomic mass is 10.2. The second-order valence-corrected chi connectivity index (χ2v) is 6.63. The Kier molecular flexibility index (Phi) is 5.41. The van der Waals surface area contributed by atoms with Crippen molar-refractivity contribution in [1.29, 1.82) is 0 Å². The maximum Gasteiger partial charge on any atom is 0.321 e. The first-order valence-electron chi connectivity index (χ1n) is 8.43. The number of carbonyl (C=O) groups excluding carboxylic acids is 2. The van der Waals surface area contributed by atoms with Crippen LogP contribution in [0.5, 0.6) is 0 Å². The molecule has 1 N–H and O–H groups in total. The van der Waals surface area contributed by atoms with Crippen LogP contribution in [-0.2, 0) is 4.79 Å². The number of anilines is 1. The Labute approximate surface area is 147 Å². The molecule has 0 bridgehead atoms. The first-order chi connectivity index (χ1) is 11.6. The van der Waals surface area contributed by atoms with Crippen molar-refractivity contribution in [1.82, 2.24) is 9.80 Å². The Morgan fingerprint density at radius 1 is 0.958 bits per heavy atom. The maximum atomic E-state index is 12.5. The lowest BCUT2D eigenvalue weighted by Crippen LogP contribution is -2.39. The molecule has 128 valence electrons. The Morgan fingerprint density at radius 2 is 1.67 bits per heavy atom. The lowest BCUT2D eigenvalue weighted by molar-refractivity contribution is -0.127. The van der Waals surface area contributed by atoms with E-state index in [1.54, 1.807) is 29.2 Å². The second kappa shape index (κ2) is 7.71. The van der Waals surface area contributed by atoms with Gasteiger partial charge < -0.3 is 15.1 Å². The van der Waals surface area contributed by atoms with Crippen molar-refractivity contribution in [2.75, 3.05) is 31.5 Å². The third kappa shape index (κ3) is 4.09. The van der Waals surface area contributed by atoms with Crippen molar-refractivity contribution >= 4 is 29.2 Å². The quantitative estimate of drug-likeness (QED) is 0.890. The molecular weight excluding hydrogens is 326 g/mol. The van der Waals surface area contributed by atoms with E-state index in [2.05, 4.69) is 11.4 Å². The molecule has 1 heterocycles. The van der Waals surface area contributed by atoms with Gasteiger partial charge in [-0.1, -0.05) is 17.7 Å². The van der Waals surface area contributed by atoms with E-state index in [4.69, 9.17) is 11.6 Å². The fourth-order valence-electron chi connectivity index (χ4n) is 3.13. The summed E-state index contributed by atoms with van der Waals surface area (Å²) >= 11 is 5.85. The smallest absolute Gasteiger partial charge is 0.321 e. The van der Waals surface area contributed by atoms with E-state index in [0.717, 1.165) is 36.9 Å². The van der Waals surface area contributed by atoms with Crippen LogP contribution in [0, 0.1) is 0 Å². The molecule has 0 unspecified atom stereocenters. The minimum Gasteiger partial charge on any atom is -0.337 e. The van der Waals surface area contributed by atoms with Crippen molar-refractivity contribution in [3.05, 3.63) is 40.9 Å². The van der Waals surface area contributed by atoms with Gasteiger partial charge in [0.15, 0.2) is 0 Å². The largest absolute Gasteiger partial charge is 0.337 e. The SMILES string of the molecule is O=C(Nc1ccc(Cl)cc1)N1CCCN(C(=O)C2=CCCC2)CC1. The van der Waals surface area contributed by atoms with E-state index >= 15 is 0 Å². The number of nitrogens with zero attached hydrogens (tertiary/aromatic N) is 2. The van der Waals surface area contributed by atoms with E-state index in [1.807, 2.05) is 4.90 Å². The number of nitrogens with one attached hydrogen (secondary N) is 1. The summed E-state index contributed by atoms with van der Waals surface area (Å²) in [5, 5.41) is 3.52. The van der Waals surface area contributed by atoms with Crippen LogP contribution in [0.1, 0.15) is 25.7 Å². The van der Waals surface area contributed by atoms with Crippen LogP contribution in [0.15, 0.2) is 35.9 Å². The molecule has 5 nitrogen and oxygen atoms in total. The van der Waals surface area contributed by atoms with Gasteiger partial charge in [-0.15, -0.1) is 0 Å². The Bertz CT molecular complexity index is 642. The topological polar surface area (TPSA) is 52.7 Å². The van der Waals surface area contributed by atoms with Crippen LogP contribution in [0.25, 0.3) is 0 Å². The fraction of sp³-hybridized carbons (Fsp3) is 0.444. The van der Waals surface area contributed by atoms with E-state index in [1.165, 1.54) is 0 Å². The molecule has 0 saturated carbocycles. The minimum absolute atomic E-state index is 0.133. The van der Waals surface area contributed by atoms with Gasteiger partial charge in [-0.05, 0) is 49.9 Å². The molecule has 1 aromatic rings. The van der Waals surface area contributed by atoms with E-state index in [0.29, 0.717) is 31.2 Å². The Balaban J connectivity index is 1.55. The van der Waals surface area contributed by atoms with Gasteiger partial charge in [0.2, 0.25) is 5.91 Å². The average Bonchev–Trinajstić information content (AvgIpc) is 3.00. The van der Waals surface area contributed by atoms with Crippen molar-refractivity contribution < 1.29 is 9.59 Å². The van der Waals surface area contributed by atoms with Crippen LogP contribution in [0.2, 0.25) is 5.02 Å². The Morgan fingerprint density at radius 3 is 2.38 bits per heavy atom. The molecule has 1 aromatic carbocycles. The number of hydrogen-bond acceptors (Lipinski definition) is 2. The second-order valence-electron chi connectivity index (χ2n) is 6.19. The first-order valence-corrected chi connectivity index (χ1v) is 8.81. The molecule has 0 atom stereocenters. The van der Waals surface area contributed by atoms with Crippen molar-refractivity contribution in [2.24, 2.45) is 0 Å². The highest BCUT2D eigenvalue weighted by molar-refractivity contribution is 6.30. The predicted molar refractivity (Wildman–Crippen MR) is 95.2 cm³/mol. The third-order valence-corrected chi connectivity index (χ3v) is 4.73. The summed E-state index contributed by atoms with van der Waals surface area (Å²) in [6.07, 6.45) is 5.82. The molecule has 2 aliphatic rings. The van der Waals surface area contributed by atoms with E-state index in [9.17, 15) is 9.59 Å². The van der Waals surface area contributed by atoms with Crippen LogP contribution < -0.4 is 5.32 Å². The average molecular weight is 348 g/mol. The monoisotopic (exact) mass is 347 g/mol. The summed E-state index contributed by atoms with van der Waals surface area (Å²) in [5.41, 5.74) is 1.66. The van der Waals surface area contributed by atoms with Crippen LogP contribution >= 0.6 is 11.6 Å². The highest BCUT2D eigenvalue weighted by Crippen LogP contribution is 2.21. The summed E-state index contributed by atoms with van der Waals surface area (Å²) in [6, 6.07) is 6.91. The number of rotatable bonds is 2. The van der Waals surface area contributed by atoms with Gasteiger partial charge in [0.1, 0.15) is 0 Å². The zero-order chi connectivity index (χ0) is 16.9. The molecule has 1 aliphatic carbocycles. The van der Waals surface area contributed by atoms with Crippen LogP contribution in [-0.4, -0.2) is 47.9 Å². The van der Waals surface area contributed by atoms with Gasteiger partial charge in [0, 0.05) is 42.5 Å². The lowest BCUT2D eigenvalue weighted by Gasteiger charge is -2.23. The van der Waals surface area contributed by atoms with Gasteiger partial charge in [-0.3, -0.25) is 4.79 Å².